The Bertz CT molecular complexity index is 676. The van der Waals surface area contributed by atoms with Crippen molar-refractivity contribution in [3.05, 3.63) is 23.0 Å². The minimum atomic E-state index is -0.239. The van der Waals surface area contributed by atoms with Crippen LogP contribution in [-0.2, 0) is 0 Å². The summed E-state index contributed by atoms with van der Waals surface area (Å²) in [6.45, 7) is 1.96. The number of rotatable bonds is 4. The maximum Gasteiger partial charge on any atom is 0.279 e. The van der Waals surface area contributed by atoms with Crippen molar-refractivity contribution in [1.29, 1.82) is 0 Å². The van der Waals surface area contributed by atoms with E-state index < -0.39 is 0 Å². The highest BCUT2D eigenvalue weighted by Gasteiger charge is 2.26. The predicted molar refractivity (Wildman–Crippen MR) is 90.5 cm³/mol. The molecule has 0 unspecified atom stereocenters. The Morgan fingerprint density at radius 2 is 2.09 bits per heavy atom. The van der Waals surface area contributed by atoms with Crippen molar-refractivity contribution in [1.82, 2.24) is 25.3 Å². The van der Waals surface area contributed by atoms with E-state index in [2.05, 4.69) is 25.9 Å². The Hall–Kier alpha value is -1.51. The summed E-state index contributed by atoms with van der Waals surface area (Å²) in [4.78, 5) is 16.7. The molecule has 1 aliphatic heterocycles. The molecule has 3 heterocycles. The van der Waals surface area contributed by atoms with Gasteiger partial charge < -0.3 is 5.32 Å². The van der Waals surface area contributed by atoms with Crippen molar-refractivity contribution in [2.75, 3.05) is 18.4 Å². The first-order chi connectivity index (χ1) is 10.8. The quantitative estimate of drug-likeness (QED) is 0.879. The number of aromatic nitrogens is 4. The van der Waals surface area contributed by atoms with Crippen LogP contribution in [-0.4, -0.2) is 39.0 Å². The van der Waals surface area contributed by atoms with E-state index in [9.17, 15) is 4.79 Å². The lowest BCUT2D eigenvalue weighted by Crippen LogP contribution is -2.29. The van der Waals surface area contributed by atoms with Gasteiger partial charge in [0.15, 0.2) is 10.8 Å². The summed E-state index contributed by atoms with van der Waals surface area (Å²) in [7, 11) is 0. The summed E-state index contributed by atoms with van der Waals surface area (Å²) in [5.41, 5.74) is 1.44. The Balaban J connectivity index is 0.00000156. The summed E-state index contributed by atoms with van der Waals surface area (Å²) in [5, 5.41) is 16.9. The molecule has 0 spiro atoms. The maximum absolute atomic E-state index is 12.2. The highest BCUT2D eigenvalue weighted by atomic mass is 35.5. The first-order valence-electron chi connectivity index (χ1n) is 7.69. The van der Waals surface area contributed by atoms with Gasteiger partial charge in [-0.3, -0.25) is 10.1 Å². The fraction of sp³-hybridized carbons (Fsp3) is 0.571. The molecular weight excluding hydrogens is 336 g/mol. The molecule has 2 aromatic heterocycles. The average Bonchev–Trinajstić information content (AvgIpc) is 3.10. The maximum atomic E-state index is 12.2. The van der Waals surface area contributed by atoms with Crippen LogP contribution < -0.4 is 10.6 Å². The molecule has 9 heteroatoms. The summed E-state index contributed by atoms with van der Waals surface area (Å²) in [5.74, 6) is 0.361. The van der Waals surface area contributed by atoms with E-state index in [1.165, 1.54) is 24.2 Å². The molecular formula is C14H19ClN6OS. The zero-order valence-electron chi connectivity index (χ0n) is 12.6. The molecule has 0 aromatic carbocycles. The normalized spacial score (nSPS) is 18.4. The number of thiazole rings is 1. The third kappa shape index (κ3) is 3.70. The van der Waals surface area contributed by atoms with E-state index in [0.29, 0.717) is 22.8 Å². The highest BCUT2D eigenvalue weighted by molar-refractivity contribution is 7.14. The van der Waals surface area contributed by atoms with E-state index in [4.69, 9.17) is 0 Å². The zero-order valence-corrected chi connectivity index (χ0v) is 14.2. The standard InChI is InChI=1S/C14H18N6OS.ClH/c21-13(17-14-16-12(8-22-14)9-1-2-9)11-7-20(19-18-11)10-3-5-15-6-4-10;/h7-10,15H,1-6H2,(H,16,17,21);1H. The number of carbonyl (C=O) groups excluding carboxylic acids is 1. The molecule has 1 amide bonds. The van der Waals surface area contributed by atoms with Gasteiger partial charge >= 0.3 is 0 Å². The number of nitrogens with zero attached hydrogens (tertiary/aromatic N) is 4. The van der Waals surface area contributed by atoms with E-state index in [0.717, 1.165) is 31.6 Å². The smallest absolute Gasteiger partial charge is 0.279 e. The number of amides is 1. The van der Waals surface area contributed by atoms with Crippen LogP contribution in [0.15, 0.2) is 11.6 Å². The van der Waals surface area contributed by atoms with Crippen molar-refractivity contribution in [3.63, 3.8) is 0 Å². The summed E-state index contributed by atoms with van der Waals surface area (Å²) in [6.07, 6.45) is 6.19. The van der Waals surface area contributed by atoms with Crippen LogP contribution >= 0.6 is 23.7 Å². The second-order valence-electron chi connectivity index (χ2n) is 5.87. The molecule has 0 radical (unpaired) electrons. The first kappa shape index (κ1) is 16.4. The van der Waals surface area contributed by atoms with Crippen LogP contribution in [0.3, 0.4) is 0 Å². The minimum absolute atomic E-state index is 0. The molecule has 2 aromatic rings. The fourth-order valence-corrected chi connectivity index (χ4v) is 3.49. The highest BCUT2D eigenvalue weighted by Crippen LogP contribution is 2.40. The SMILES string of the molecule is Cl.O=C(Nc1nc(C2CC2)cs1)c1cn(C2CCNCC2)nn1. The Kier molecular flexibility index (Phi) is 4.93. The molecule has 0 bridgehead atoms. The van der Waals surface area contributed by atoms with E-state index >= 15 is 0 Å². The van der Waals surface area contributed by atoms with Gasteiger partial charge in [0, 0.05) is 11.3 Å². The number of carbonyl (C=O) groups is 1. The van der Waals surface area contributed by atoms with Crippen LogP contribution in [0.2, 0.25) is 0 Å². The second kappa shape index (κ2) is 6.94. The number of nitrogens with one attached hydrogen (secondary N) is 2. The van der Waals surface area contributed by atoms with Crippen molar-refractivity contribution >= 4 is 34.8 Å². The van der Waals surface area contributed by atoms with Gasteiger partial charge in [0.2, 0.25) is 0 Å². The number of hydrogen-bond acceptors (Lipinski definition) is 6. The summed E-state index contributed by atoms with van der Waals surface area (Å²) in [6, 6.07) is 0.330. The zero-order chi connectivity index (χ0) is 14.9. The summed E-state index contributed by atoms with van der Waals surface area (Å²) < 4.78 is 1.81. The lowest BCUT2D eigenvalue weighted by molar-refractivity contribution is 0.102. The largest absolute Gasteiger partial charge is 0.317 e. The molecule has 23 heavy (non-hydrogen) atoms. The molecule has 0 atom stereocenters. The van der Waals surface area contributed by atoms with Crippen LogP contribution in [0.25, 0.3) is 0 Å². The third-order valence-electron chi connectivity index (χ3n) is 4.16. The van der Waals surface area contributed by atoms with E-state index in [1.807, 2.05) is 10.1 Å². The van der Waals surface area contributed by atoms with Gasteiger partial charge in [-0.15, -0.1) is 28.8 Å². The van der Waals surface area contributed by atoms with Crippen molar-refractivity contribution in [2.45, 2.75) is 37.6 Å². The lowest BCUT2D eigenvalue weighted by Gasteiger charge is -2.21. The lowest BCUT2D eigenvalue weighted by atomic mass is 10.1. The first-order valence-corrected chi connectivity index (χ1v) is 8.57. The van der Waals surface area contributed by atoms with Gasteiger partial charge in [-0.2, -0.15) is 0 Å². The van der Waals surface area contributed by atoms with Crippen LogP contribution in [0.5, 0.6) is 0 Å². The van der Waals surface area contributed by atoms with Crippen LogP contribution in [0.4, 0.5) is 5.13 Å². The van der Waals surface area contributed by atoms with Gasteiger partial charge in [-0.05, 0) is 38.8 Å². The minimum Gasteiger partial charge on any atom is -0.317 e. The Morgan fingerprint density at radius 3 is 2.83 bits per heavy atom. The molecule has 4 rings (SSSR count). The second-order valence-corrected chi connectivity index (χ2v) is 6.73. The Morgan fingerprint density at radius 1 is 1.30 bits per heavy atom. The van der Waals surface area contributed by atoms with Crippen LogP contribution in [0.1, 0.15) is 53.8 Å². The van der Waals surface area contributed by atoms with E-state index in [1.54, 1.807) is 6.20 Å². The number of halogens is 1. The molecule has 1 aliphatic carbocycles. The Labute approximate surface area is 144 Å². The van der Waals surface area contributed by atoms with Crippen LogP contribution in [0, 0.1) is 0 Å². The molecule has 2 fully saturated rings. The summed E-state index contributed by atoms with van der Waals surface area (Å²) >= 11 is 1.47. The molecule has 2 aliphatic rings. The van der Waals surface area contributed by atoms with Gasteiger partial charge in [0.05, 0.1) is 17.9 Å². The van der Waals surface area contributed by atoms with Crippen molar-refractivity contribution < 1.29 is 4.79 Å². The van der Waals surface area contributed by atoms with Gasteiger partial charge in [0.25, 0.3) is 5.91 Å². The molecule has 7 nitrogen and oxygen atoms in total. The third-order valence-corrected chi connectivity index (χ3v) is 4.94. The molecule has 2 N–H and O–H groups in total. The van der Waals surface area contributed by atoms with Crippen molar-refractivity contribution in [2.24, 2.45) is 0 Å². The van der Waals surface area contributed by atoms with Gasteiger partial charge in [-0.1, -0.05) is 5.21 Å². The molecule has 1 saturated carbocycles. The fourth-order valence-electron chi connectivity index (χ4n) is 2.70. The monoisotopic (exact) mass is 354 g/mol. The number of hydrogen-bond donors (Lipinski definition) is 2. The van der Waals surface area contributed by atoms with Gasteiger partial charge in [0.1, 0.15) is 0 Å². The molecule has 1 saturated heterocycles. The van der Waals surface area contributed by atoms with Crippen molar-refractivity contribution in [3.8, 4) is 0 Å². The van der Waals surface area contributed by atoms with Gasteiger partial charge in [-0.25, -0.2) is 9.67 Å². The molecule has 124 valence electrons. The predicted octanol–water partition coefficient (Wildman–Crippen LogP) is 2.21. The number of piperidine rings is 1. The topological polar surface area (TPSA) is 84.7 Å². The average molecular weight is 355 g/mol. The van der Waals surface area contributed by atoms with E-state index in [-0.39, 0.29) is 18.3 Å². The number of anilines is 1.